The quantitative estimate of drug-likeness (QED) is 0.379. The fourth-order valence-electron chi connectivity index (χ4n) is 0.445. The van der Waals surface area contributed by atoms with E-state index < -0.39 is 0 Å². The van der Waals surface area contributed by atoms with Gasteiger partial charge in [-0.05, 0) is 13.8 Å². The molecular formula is C5H16N2OSi. The molecule has 0 unspecified atom stereocenters. The Morgan fingerprint density at radius 3 is 2.56 bits per heavy atom. The molecule has 56 valence electrons. The van der Waals surface area contributed by atoms with Crippen LogP contribution in [0.3, 0.4) is 0 Å². The van der Waals surface area contributed by atoms with Crippen LogP contribution in [-0.2, 0) is 4.43 Å². The van der Waals surface area contributed by atoms with Crippen LogP contribution in [0, 0.1) is 0 Å². The van der Waals surface area contributed by atoms with Crippen LogP contribution in [0.4, 0.5) is 0 Å². The van der Waals surface area contributed by atoms with E-state index in [4.69, 9.17) is 10.2 Å². The highest BCUT2D eigenvalue weighted by molar-refractivity contribution is 5.98. The third-order valence-corrected chi connectivity index (χ3v) is 2.35. The monoisotopic (exact) mass is 148 g/mol. The van der Waals surface area contributed by atoms with Crippen molar-refractivity contribution in [2.24, 2.45) is 5.73 Å². The van der Waals surface area contributed by atoms with Gasteiger partial charge in [0.15, 0.2) is 0 Å². The fraction of sp³-hybridized carbons (Fsp3) is 1.00. The molecule has 0 heterocycles. The summed E-state index contributed by atoms with van der Waals surface area (Å²) in [5, 5.41) is 3.01. The van der Waals surface area contributed by atoms with Crippen molar-refractivity contribution in [1.29, 1.82) is 0 Å². The van der Waals surface area contributed by atoms with Crippen LogP contribution < -0.4 is 11.1 Å². The van der Waals surface area contributed by atoms with Crippen LogP contribution in [-0.4, -0.2) is 29.3 Å². The maximum atomic E-state index is 5.26. The summed E-state index contributed by atoms with van der Waals surface area (Å²) in [7, 11) is 0.783. The molecule has 0 amide bonds. The van der Waals surface area contributed by atoms with Crippen LogP contribution in [0.15, 0.2) is 0 Å². The van der Waals surface area contributed by atoms with E-state index >= 15 is 0 Å². The Hall–Kier alpha value is 0.0969. The third kappa shape index (κ3) is 4.59. The molecule has 0 rings (SSSR count). The smallest absolute Gasteiger partial charge is 0.146 e. The normalized spacial score (nSPS) is 12.3. The number of rotatable bonds is 4. The van der Waals surface area contributed by atoms with E-state index in [1.165, 1.54) is 0 Å². The average Bonchev–Trinajstić information content (AvgIpc) is 1.84. The van der Waals surface area contributed by atoms with Crippen molar-refractivity contribution in [2.75, 3.05) is 13.2 Å². The lowest BCUT2D eigenvalue weighted by Crippen LogP contribution is -2.39. The number of hydrogen-bond donors (Lipinski definition) is 2. The summed E-state index contributed by atoms with van der Waals surface area (Å²) in [4.78, 5) is 0. The Balaban J connectivity index is 3.33. The second-order valence-electron chi connectivity index (χ2n) is 2.59. The zero-order chi connectivity index (χ0) is 7.33. The summed E-state index contributed by atoms with van der Waals surface area (Å²) < 4.78 is 5.26. The van der Waals surface area contributed by atoms with Gasteiger partial charge in [-0.25, -0.2) is 0 Å². The van der Waals surface area contributed by atoms with E-state index in [1.807, 2.05) is 13.8 Å². The highest BCUT2D eigenvalue weighted by atomic mass is 28.2. The number of nitrogens with one attached hydrogen (secondary N) is 1. The summed E-state index contributed by atoms with van der Waals surface area (Å²) in [6, 6.07) is 0. The maximum absolute atomic E-state index is 5.26. The van der Waals surface area contributed by atoms with Crippen molar-refractivity contribution in [1.82, 2.24) is 5.32 Å². The highest BCUT2D eigenvalue weighted by Crippen LogP contribution is 2.03. The van der Waals surface area contributed by atoms with Gasteiger partial charge in [-0.3, -0.25) is 0 Å². The second kappa shape index (κ2) is 4.00. The van der Waals surface area contributed by atoms with Gasteiger partial charge >= 0.3 is 0 Å². The lowest BCUT2D eigenvalue weighted by atomic mass is 10.1. The van der Waals surface area contributed by atoms with Crippen LogP contribution >= 0.6 is 0 Å². The van der Waals surface area contributed by atoms with Gasteiger partial charge in [0.1, 0.15) is 10.5 Å². The minimum absolute atomic E-state index is 0.0361. The molecule has 4 heteroatoms. The van der Waals surface area contributed by atoms with Crippen LogP contribution in [0.1, 0.15) is 13.8 Å². The predicted octanol–water partition coefficient (Wildman–Crippen LogP) is -1.43. The summed E-state index contributed by atoms with van der Waals surface area (Å²) in [6.45, 7) is 5.44. The standard InChI is InChI=1S/C5H16N2OSi/c1-5(2,8-9)3-7-4-6/h7H,3-4,6H2,1-2,9H3. The minimum Gasteiger partial charge on any atom is -0.422 e. The van der Waals surface area contributed by atoms with Gasteiger partial charge in [0, 0.05) is 13.2 Å². The Bertz CT molecular complexity index is 77.4. The van der Waals surface area contributed by atoms with Gasteiger partial charge in [0.2, 0.25) is 0 Å². The molecule has 0 radical (unpaired) electrons. The molecular weight excluding hydrogens is 132 g/mol. The first kappa shape index (κ1) is 9.10. The molecule has 0 atom stereocenters. The molecule has 0 aromatic heterocycles. The molecule has 0 bridgehead atoms. The summed E-state index contributed by atoms with van der Waals surface area (Å²) in [5.74, 6) is 0. The van der Waals surface area contributed by atoms with Crippen LogP contribution in [0.5, 0.6) is 0 Å². The fourth-order valence-corrected chi connectivity index (χ4v) is 0.590. The van der Waals surface area contributed by atoms with Crippen molar-refractivity contribution in [3.8, 4) is 0 Å². The number of hydrogen-bond acceptors (Lipinski definition) is 3. The summed E-state index contributed by atoms with van der Waals surface area (Å²) in [6.07, 6.45) is 0. The molecule has 0 aliphatic heterocycles. The van der Waals surface area contributed by atoms with E-state index in [1.54, 1.807) is 0 Å². The first-order valence-electron chi connectivity index (χ1n) is 3.08. The molecule has 0 spiro atoms. The van der Waals surface area contributed by atoms with Crippen molar-refractivity contribution in [3.63, 3.8) is 0 Å². The molecule has 0 aliphatic carbocycles. The summed E-state index contributed by atoms with van der Waals surface area (Å²) >= 11 is 0. The van der Waals surface area contributed by atoms with E-state index in [0.29, 0.717) is 6.67 Å². The molecule has 0 saturated carbocycles. The van der Waals surface area contributed by atoms with Crippen molar-refractivity contribution < 1.29 is 4.43 Å². The van der Waals surface area contributed by atoms with Crippen molar-refractivity contribution >= 4 is 10.5 Å². The Morgan fingerprint density at radius 1 is 1.67 bits per heavy atom. The second-order valence-corrected chi connectivity index (χ2v) is 3.00. The van der Waals surface area contributed by atoms with Crippen molar-refractivity contribution in [3.05, 3.63) is 0 Å². The Labute approximate surface area is 59.5 Å². The molecule has 0 aromatic rings. The minimum atomic E-state index is -0.0361. The number of nitrogens with two attached hydrogens (primary N) is 1. The van der Waals surface area contributed by atoms with E-state index in [0.717, 1.165) is 17.0 Å². The first-order chi connectivity index (χ1) is 4.12. The predicted molar refractivity (Wildman–Crippen MR) is 42.2 cm³/mol. The van der Waals surface area contributed by atoms with Gasteiger partial charge in [-0.15, -0.1) is 0 Å². The molecule has 3 nitrogen and oxygen atoms in total. The topological polar surface area (TPSA) is 47.3 Å². The maximum Gasteiger partial charge on any atom is 0.146 e. The van der Waals surface area contributed by atoms with Crippen LogP contribution in [0.2, 0.25) is 0 Å². The Kier molecular flexibility index (Phi) is 4.04. The zero-order valence-corrected chi connectivity index (χ0v) is 8.40. The summed E-state index contributed by atoms with van der Waals surface area (Å²) in [5.41, 5.74) is 5.20. The van der Waals surface area contributed by atoms with E-state index in [2.05, 4.69) is 5.32 Å². The van der Waals surface area contributed by atoms with E-state index in [9.17, 15) is 0 Å². The van der Waals surface area contributed by atoms with Gasteiger partial charge in [0.05, 0.1) is 5.60 Å². The van der Waals surface area contributed by atoms with Gasteiger partial charge < -0.3 is 15.5 Å². The van der Waals surface area contributed by atoms with Gasteiger partial charge in [0.25, 0.3) is 0 Å². The molecule has 3 N–H and O–H groups in total. The molecule has 0 fully saturated rings. The molecule has 0 aliphatic rings. The lowest BCUT2D eigenvalue weighted by Gasteiger charge is -2.23. The average molecular weight is 148 g/mol. The first-order valence-corrected chi connectivity index (χ1v) is 3.90. The Morgan fingerprint density at radius 2 is 2.22 bits per heavy atom. The molecule has 0 aromatic carbocycles. The van der Waals surface area contributed by atoms with Crippen molar-refractivity contribution in [2.45, 2.75) is 19.4 Å². The highest BCUT2D eigenvalue weighted by Gasteiger charge is 2.13. The van der Waals surface area contributed by atoms with Gasteiger partial charge in [-0.1, -0.05) is 0 Å². The van der Waals surface area contributed by atoms with Crippen LogP contribution in [0.25, 0.3) is 0 Å². The van der Waals surface area contributed by atoms with Gasteiger partial charge in [-0.2, -0.15) is 0 Å². The molecule has 9 heavy (non-hydrogen) atoms. The largest absolute Gasteiger partial charge is 0.422 e. The zero-order valence-electron chi connectivity index (χ0n) is 6.40. The third-order valence-electron chi connectivity index (χ3n) is 1.25. The molecule has 0 saturated heterocycles. The lowest BCUT2D eigenvalue weighted by molar-refractivity contribution is 0.122. The SMILES string of the molecule is CC(C)(CNCN)O[SiH3]. The van der Waals surface area contributed by atoms with E-state index in [-0.39, 0.29) is 5.60 Å².